The number of hydrogen-bond donors (Lipinski definition) is 1. The molecule has 0 atom stereocenters. The molecule has 0 bridgehead atoms. The van der Waals surface area contributed by atoms with Gasteiger partial charge in [0.1, 0.15) is 17.5 Å². The van der Waals surface area contributed by atoms with Crippen molar-refractivity contribution in [3.63, 3.8) is 0 Å². The number of aryl methyl sites for hydroxylation is 1. The SMILES string of the molecule is Cc1ccc(F)c2c(C=O)c(-c3cc(F)ccc3F)[nH]c12. The molecular formula is C16H10F3NO. The minimum atomic E-state index is -0.691. The Kier molecular flexibility index (Phi) is 3.05. The third-order valence-electron chi connectivity index (χ3n) is 3.47. The van der Waals surface area contributed by atoms with Gasteiger partial charge in [-0.3, -0.25) is 4.79 Å². The number of aldehydes is 1. The van der Waals surface area contributed by atoms with Crippen LogP contribution in [0.15, 0.2) is 30.3 Å². The number of aromatic amines is 1. The highest BCUT2D eigenvalue weighted by molar-refractivity contribution is 6.05. The lowest BCUT2D eigenvalue weighted by Gasteiger charge is -2.02. The van der Waals surface area contributed by atoms with Crippen LogP contribution in [-0.4, -0.2) is 11.3 Å². The minimum absolute atomic E-state index is 0.0179. The first kappa shape index (κ1) is 13.4. The second kappa shape index (κ2) is 4.77. The van der Waals surface area contributed by atoms with E-state index >= 15 is 0 Å². The van der Waals surface area contributed by atoms with E-state index in [1.807, 2.05) is 0 Å². The second-order valence-corrected chi connectivity index (χ2v) is 4.77. The zero-order valence-electron chi connectivity index (χ0n) is 11.0. The first-order valence-electron chi connectivity index (χ1n) is 6.24. The quantitative estimate of drug-likeness (QED) is 0.698. The summed E-state index contributed by atoms with van der Waals surface area (Å²) in [5.74, 6) is -1.92. The van der Waals surface area contributed by atoms with E-state index in [0.29, 0.717) is 17.4 Å². The van der Waals surface area contributed by atoms with Crippen molar-refractivity contribution < 1.29 is 18.0 Å². The van der Waals surface area contributed by atoms with E-state index in [1.165, 1.54) is 6.07 Å². The summed E-state index contributed by atoms with van der Waals surface area (Å²) in [6.45, 7) is 1.73. The molecule has 3 rings (SSSR count). The molecule has 21 heavy (non-hydrogen) atoms. The lowest BCUT2D eigenvalue weighted by atomic mass is 10.0. The second-order valence-electron chi connectivity index (χ2n) is 4.77. The number of carbonyl (C=O) groups is 1. The van der Waals surface area contributed by atoms with Crippen molar-refractivity contribution in [1.82, 2.24) is 4.98 Å². The molecule has 1 N–H and O–H groups in total. The Morgan fingerprint density at radius 3 is 2.48 bits per heavy atom. The van der Waals surface area contributed by atoms with Crippen LogP contribution in [0.4, 0.5) is 13.2 Å². The molecule has 5 heteroatoms. The van der Waals surface area contributed by atoms with Crippen LogP contribution in [0, 0.1) is 24.4 Å². The Morgan fingerprint density at radius 1 is 1.05 bits per heavy atom. The molecule has 0 saturated carbocycles. The summed E-state index contributed by atoms with van der Waals surface area (Å²) >= 11 is 0. The molecule has 2 nitrogen and oxygen atoms in total. The predicted molar refractivity (Wildman–Crippen MR) is 73.7 cm³/mol. The van der Waals surface area contributed by atoms with Crippen LogP contribution in [0.3, 0.4) is 0 Å². The minimum Gasteiger partial charge on any atom is -0.354 e. The Morgan fingerprint density at radius 2 is 1.76 bits per heavy atom. The van der Waals surface area contributed by atoms with Crippen LogP contribution in [0.2, 0.25) is 0 Å². The molecule has 0 spiro atoms. The van der Waals surface area contributed by atoms with Crippen molar-refractivity contribution >= 4 is 17.2 Å². The summed E-state index contributed by atoms with van der Waals surface area (Å²) in [5, 5.41) is 0.0867. The van der Waals surface area contributed by atoms with Gasteiger partial charge in [-0.2, -0.15) is 0 Å². The van der Waals surface area contributed by atoms with Gasteiger partial charge in [-0.1, -0.05) is 6.07 Å². The van der Waals surface area contributed by atoms with Gasteiger partial charge in [0, 0.05) is 10.9 Å². The molecule has 106 valence electrons. The summed E-state index contributed by atoms with van der Waals surface area (Å²) in [4.78, 5) is 14.2. The standard InChI is InChI=1S/C16H10F3NO/c1-8-2-4-13(19)14-11(7-21)16(20-15(8)14)10-6-9(17)3-5-12(10)18/h2-7,20H,1H3. The molecule has 0 aliphatic rings. The van der Waals surface area contributed by atoms with Crippen molar-refractivity contribution in [2.45, 2.75) is 6.92 Å². The van der Waals surface area contributed by atoms with E-state index in [-0.39, 0.29) is 22.2 Å². The highest BCUT2D eigenvalue weighted by atomic mass is 19.1. The van der Waals surface area contributed by atoms with Crippen molar-refractivity contribution in [1.29, 1.82) is 0 Å². The number of halogens is 3. The summed E-state index contributed by atoms with van der Waals surface area (Å²) in [5.41, 5.74) is 1.06. The smallest absolute Gasteiger partial charge is 0.152 e. The van der Waals surface area contributed by atoms with E-state index in [2.05, 4.69) is 4.98 Å². The number of benzene rings is 2. The number of rotatable bonds is 2. The fraction of sp³-hybridized carbons (Fsp3) is 0.0625. The fourth-order valence-corrected chi connectivity index (χ4v) is 2.44. The van der Waals surface area contributed by atoms with Crippen molar-refractivity contribution in [2.24, 2.45) is 0 Å². The molecule has 0 amide bonds. The molecule has 0 aliphatic carbocycles. The average Bonchev–Trinajstić information content (AvgIpc) is 2.86. The van der Waals surface area contributed by atoms with E-state index in [1.54, 1.807) is 13.0 Å². The van der Waals surface area contributed by atoms with Gasteiger partial charge in [0.05, 0.1) is 16.8 Å². The van der Waals surface area contributed by atoms with Gasteiger partial charge in [0.25, 0.3) is 0 Å². The molecule has 0 aliphatic heterocycles. The number of carbonyl (C=O) groups excluding carboxylic acids is 1. The largest absolute Gasteiger partial charge is 0.354 e. The maximum atomic E-state index is 14.0. The first-order valence-corrected chi connectivity index (χ1v) is 6.24. The van der Waals surface area contributed by atoms with Gasteiger partial charge in [0.15, 0.2) is 6.29 Å². The number of nitrogens with one attached hydrogen (secondary N) is 1. The van der Waals surface area contributed by atoms with Gasteiger partial charge in [-0.25, -0.2) is 13.2 Å². The Hall–Kier alpha value is -2.56. The maximum absolute atomic E-state index is 14.0. The highest BCUT2D eigenvalue weighted by Gasteiger charge is 2.19. The van der Waals surface area contributed by atoms with Crippen molar-refractivity contribution in [2.75, 3.05) is 0 Å². The summed E-state index contributed by atoms with van der Waals surface area (Å²) in [6.07, 6.45) is 0.445. The van der Waals surface area contributed by atoms with E-state index < -0.39 is 17.5 Å². The zero-order valence-corrected chi connectivity index (χ0v) is 11.0. The normalized spacial score (nSPS) is 11.0. The predicted octanol–water partition coefficient (Wildman–Crippen LogP) is 4.37. The lowest BCUT2D eigenvalue weighted by Crippen LogP contribution is -1.90. The molecule has 0 radical (unpaired) electrons. The van der Waals surface area contributed by atoms with Gasteiger partial charge in [-0.15, -0.1) is 0 Å². The van der Waals surface area contributed by atoms with E-state index in [9.17, 15) is 18.0 Å². The molecule has 3 aromatic rings. The molecule has 1 heterocycles. The van der Waals surface area contributed by atoms with E-state index in [0.717, 1.165) is 18.2 Å². The molecule has 0 fully saturated rings. The monoisotopic (exact) mass is 289 g/mol. The van der Waals surface area contributed by atoms with Crippen LogP contribution in [0.1, 0.15) is 15.9 Å². The maximum Gasteiger partial charge on any atom is 0.152 e. The van der Waals surface area contributed by atoms with Crippen molar-refractivity contribution in [3.05, 3.63) is 58.9 Å². The van der Waals surface area contributed by atoms with Crippen LogP contribution < -0.4 is 0 Å². The highest BCUT2D eigenvalue weighted by Crippen LogP contribution is 2.33. The Bertz CT molecular complexity index is 868. The number of aromatic nitrogens is 1. The third kappa shape index (κ3) is 2.01. The average molecular weight is 289 g/mol. The van der Waals surface area contributed by atoms with Crippen LogP contribution in [0.5, 0.6) is 0 Å². The fourth-order valence-electron chi connectivity index (χ4n) is 2.44. The Labute approximate surface area is 118 Å². The number of hydrogen-bond acceptors (Lipinski definition) is 1. The first-order chi connectivity index (χ1) is 10.0. The summed E-state index contributed by atoms with van der Waals surface area (Å²) in [6, 6.07) is 5.71. The molecular weight excluding hydrogens is 279 g/mol. The van der Waals surface area contributed by atoms with Gasteiger partial charge < -0.3 is 4.98 Å². The van der Waals surface area contributed by atoms with E-state index in [4.69, 9.17) is 0 Å². The van der Waals surface area contributed by atoms with Gasteiger partial charge in [0.2, 0.25) is 0 Å². The topological polar surface area (TPSA) is 32.9 Å². The zero-order chi connectivity index (χ0) is 15.1. The van der Waals surface area contributed by atoms with Gasteiger partial charge >= 0.3 is 0 Å². The third-order valence-corrected chi connectivity index (χ3v) is 3.47. The number of fused-ring (bicyclic) bond motifs is 1. The molecule has 0 saturated heterocycles. The number of H-pyrrole nitrogens is 1. The molecule has 1 aromatic heterocycles. The van der Waals surface area contributed by atoms with Crippen molar-refractivity contribution in [3.8, 4) is 11.3 Å². The lowest BCUT2D eigenvalue weighted by molar-refractivity contribution is 0.112. The summed E-state index contributed by atoms with van der Waals surface area (Å²) in [7, 11) is 0. The Balaban J connectivity index is 2.43. The summed E-state index contributed by atoms with van der Waals surface area (Å²) < 4.78 is 41.2. The van der Waals surface area contributed by atoms with Crippen LogP contribution in [-0.2, 0) is 0 Å². The molecule has 2 aromatic carbocycles. The molecule has 0 unspecified atom stereocenters. The van der Waals surface area contributed by atoms with Gasteiger partial charge in [-0.05, 0) is 36.8 Å². The van der Waals surface area contributed by atoms with Crippen LogP contribution in [0.25, 0.3) is 22.2 Å². The van der Waals surface area contributed by atoms with Crippen LogP contribution >= 0.6 is 0 Å².